The number of pyridine rings is 1. The monoisotopic (exact) mass is 1640 g/mol. The van der Waals surface area contributed by atoms with Crippen molar-refractivity contribution >= 4 is 69.4 Å². The Kier molecular flexibility index (Phi) is 23.3. The van der Waals surface area contributed by atoms with E-state index in [0.717, 1.165) is 76.4 Å². The Balaban J connectivity index is 0.000000120. The summed E-state index contributed by atoms with van der Waals surface area (Å²) in [5.41, 5.74) is 12.5. The molecule has 0 bridgehead atoms. The molecule has 616 valence electrons. The zero-order valence-electron chi connectivity index (χ0n) is 69.6. The molecule has 6 aliphatic carbocycles. The van der Waals surface area contributed by atoms with E-state index < -0.39 is 81.0 Å². The Morgan fingerprint density at radius 2 is 0.623 bits per heavy atom. The summed E-state index contributed by atoms with van der Waals surface area (Å²) in [7, 11) is 0. The fourth-order valence-corrected chi connectivity index (χ4v) is 16.3. The number of ketones is 12. The summed E-state index contributed by atoms with van der Waals surface area (Å²) >= 11 is 0. The summed E-state index contributed by atoms with van der Waals surface area (Å²) in [4.78, 5) is 182. The molecule has 122 heavy (non-hydrogen) atoms. The Hall–Kier alpha value is -14.4. The van der Waals surface area contributed by atoms with Crippen molar-refractivity contribution < 1.29 is 66.3 Å². The molecule has 0 radical (unpaired) electrons. The Morgan fingerprint density at radius 1 is 0.311 bits per heavy atom. The molecule has 0 saturated heterocycles. The SMILES string of the molecule is CC(C)c1nc2c(n1C(C)C)C(=O)C(=O)c1ccccc1-2.CCc1nc2c(n1C(C)C)C(=O)C(=O)c1cc(F)ccc1-2.CCc1nc2c(n1C(C)C)C(=O)C(=O)c1ccccc1-2.CCc1nc2c(n1CC)C(=O)C(=O)c1cc(F)ccc1-2.CCc1nc2c(n1CC)C(=O)C(=O)c1ccccc1-2.O=C1C(=O)c2[nH]c(-c3cccnc3)nc2-c2ccccc21. The van der Waals surface area contributed by atoms with Gasteiger partial charge in [-0.3, -0.25) is 62.5 Å². The number of nitrogens with zero attached hydrogens (tertiary/aromatic N) is 12. The molecule has 0 spiro atoms. The molecular formula is C95H85F2N13O12. The van der Waals surface area contributed by atoms with Crippen molar-refractivity contribution in [3.8, 4) is 78.9 Å². The van der Waals surface area contributed by atoms with E-state index in [9.17, 15) is 66.3 Å². The number of Topliss-reactive ketones (excluding diaryl/α,β-unsaturated/α-hetero) is 12. The van der Waals surface area contributed by atoms with E-state index in [4.69, 9.17) is 0 Å². The molecule has 7 aromatic heterocycles. The van der Waals surface area contributed by atoms with E-state index in [2.05, 4.69) is 39.9 Å². The standard InChI is InChI=1S/C17H18N2O2.C16H15FN2O2.C16H9N3O2.C16H16N2O2.C15H13FN2O2.C15H14N2O2/c1-9(2)17-18-13-11-7-5-6-8-12(11)15(20)16(21)14(13)19(17)10(3)4;1-4-12-18-13-10-6-5-9(17)7-11(10)15(20)16(21)14(13)19(12)8(2)3;20-14-11-6-2-1-5-10(11)12-13(15(14)21)19-16(18-12)9-4-3-7-17-8-9;1-4-12-17-13-10-7-5-6-8-11(10)15(19)16(20)14(13)18(12)9(2)3;1-3-11-17-12-9-6-5-8(16)7-10(9)14(19)15(20)13(12)18(11)4-2;1-3-11-16-12-9-7-5-6-8-10(9)14(18)15(19)13(12)17(11)4-2/h5-10H,1-4H3;5-8H,4H2,1-3H3;1-8H,(H,18,19);5-9H,4H2,1-3H3;5-7H,3-4H2,1-2H3;5-8H,3-4H2,1-2H3. The van der Waals surface area contributed by atoms with E-state index in [0.29, 0.717) is 133 Å². The van der Waals surface area contributed by atoms with Crippen molar-refractivity contribution in [2.24, 2.45) is 0 Å². The lowest BCUT2D eigenvalue weighted by Gasteiger charge is -2.19. The van der Waals surface area contributed by atoms with Gasteiger partial charge in [0.25, 0.3) is 34.7 Å². The number of rotatable bonds is 11. The fourth-order valence-electron chi connectivity index (χ4n) is 16.3. The number of aryl methyl sites for hydroxylation is 4. The van der Waals surface area contributed by atoms with Crippen LogP contribution in [0.5, 0.6) is 0 Å². The third-order valence-electron chi connectivity index (χ3n) is 21.8. The molecule has 0 unspecified atom stereocenters. The number of fused-ring (bicyclic) bond motifs is 18. The number of H-pyrrole nitrogens is 1. The minimum Gasteiger partial charge on any atom is -0.335 e. The van der Waals surface area contributed by atoms with E-state index in [1.165, 1.54) is 24.3 Å². The van der Waals surface area contributed by atoms with Crippen LogP contribution in [0.4, 0.5) is 8.78 Å². The fraction of sp³-hybridized carbons (Fsp3) is 0.253. The van der Waals surface area contributed by atoms with E-state index in [-0.39, 0.29) is 40.9 Å². The molecule has 13 aromatic rings. The van der Waals surface area contributed by atoms with E-state index >= 15 is 0 Å². The largest absolute Gasteiger partial charge is 0.335 e. The van der Waals surface area contributed by atoms with Crippen LogP contribution in [0.25, 0.3) is 78.9 Å². The van der Waals surface area contributed by atoms with Crippen LogP contribution >= 0.6 is 0 Å². The van der Waals surface area contributed by atoms with Crippen molar-refractivity contribution in [2.45, 2.75) is 160 Å². The van der Waals surface area contributed by atoms with Gasteiger partial charge in [-0.2, -0.15) is 0 Å². The van der Waals surface area contributed by atoms with Gasteiger partial charge in [0.2, 0.25) is 34.7 Å². The number of hydrogen-bond acceptors (Lipinski definition) is 19. The van der Waals surface area contributed by atoms with Gasteiger partial charge in [0, 0.05) is 148 Å². The lowest BCUT2D eigenvalue weighted by atomic mass is 9.90. The highest BCUT2D eigenvalue weighted by molar-refractivity contribution is 6.55. The van der Waals surface area contributed by atoms with Gasteiger partial charge in [-0.15, -0.1) is 0 Å². The van der Waals surface area contributed by atoms with Crippen molar-refractivity contribution in [1.29, 1.82) is 0 Å². The molecule has 1 N–H and O–H groups in total. The molecule has 19 rings (SSSR count). The highest BCUT2D eigenvalue weighted by Gasteiger charge is 2.43. The molecule has 0 fully saturated rings. The van der Waals surface area contributed by atoms with Gasteiger partial charge in [0.05, 0.1) is 0 Å². The summed E-state index contributed by atoms with van der Waals surface area (Å²) in [5.74, 6) is -2.49. The summed E-state index contributed by atoms with van der Waals surface area (Å²) in [6.45, 7) is 29.0. The first kappa shape index (κ1) is 84.1. The zero-order valence-corrected chi connectivity index (χ0v) is 69.6. The predicted octanol–water partition coefficient (Wildman–Crippen LogP) is 17.6. The number of halogens is 2. The number of aromatic nitrogens is 13. The number of imidazole rings is 6. The Labute approximate surface area is 699 Å². The first-order chi connectivity index (χ1) is 58.5. The molecule has 0 amide bonds. The summed E-state index contributed by atoms with van der Waals surface area (Å²) < 4.78 is 35.9. The molecular weight excluding hydrogens is 1550 g/mol. The molecule has 6 aromatic carbocycles. The van der Waals surface area contributed by atoms with Gasteiger partial charge in [0.1, 0.15) is 115 Å². The first-order valence-electron chi connectivity index (χ1n) is 40.5. The smallest absolute Gasteiger partial charge is 0.252 e. The van der Waals surface area contributed by atoms with Crippen LogP contribution in [0.2, 0.25) is 0 Å². The third kappa shape index (κ3) is 14.4. The van der Waals surface area contributed by atoms with Crippen LogP contribution in [0.1, 0.15) is 275 Å². The maximum absolute atomic E-state index is 13.4. The minimum atomic E-state index is -0.665. The molecule has 0 saturated carbocycles. The molecule has 7 heterocycles. The highest BCUT2D eigenvalue weighted by Crippen LogP contribution is 2.42. The summed E-state index contributed by atoms with van der Waals surface area (Å²) in [6.07, 6.45) is 6.11. The Morgan fingerprint density at radius 3 is 0.967 bits per heavy atom. The number of carbonyl (C=O) groups excluding carboxylic acids is 12. The summed E-state index contributed by atoms with van der Waals surface area (Å²) in [6, 6.07) is 40.2. The second-order valence-electron chi connectivity index (χ2n) is 30.6. The lowest BCUT2D eigenvalue weighted by molar-refractivity contribution is 0.0808. The van der Waals surface area contributed by atoms with E-state index in [1.54, 1.807) is 77.6 Å². The van der Waals surface area contributed by atoms with Crippen LogP contribution in [-0.2, 0) is 38.8 Å². The maximum atomic E-state index is 13.4. The number of aromatic amines is 1. The topological polar surface area (TPSA) is 336 Å². The molecule has 25 nitrogen and oxygen atoms in total. The van der Waals surface area contributed by atoms with Gasteiger partial charge in [-0.1, -0.05) is 139 Å². The van der Waals surface area contributed by atoms with Crippen molar-refractivity contribution in [2.75, 3.05) is 0 Å². The average molecular weight is 1640 g/mol. The zero-order chi connectivity index (χ0) is 87.5. The van der Waals surface area contributed by atoms with E-state index in [1.807, 2.05) is 164 Å². The Bertz CT molecular complexity index is 6610. The van der Waals surface area contributed by atoms with Crippen LogP contribution in [-0.4, -0.2) is 132 Å². The quantitative estimate of drug-likeness (QED) is 0.118. The molecule has 27 heteroatoms. The predicted molar refractivity (Wildman–Crippen MR) is 452 cm³/mol. The normalized spacial score (nSPS) is 13.4. The second kappa shape index (κ2) is 33.8. The lowest BCUT2D eigenvalue weighted by Crippen LogP contribution is -2.25. The van der Waals surface area contributed by atoms with Crippen LogP contribution in [0.15, 0.2) is 158 Å². The molecule has 6 aliphatic rings. The van der Waals surface area contributed by atoms with Crippen LogP contribution in [0, 0.1) is 11.6 Å². The van der Waals surface area contributed by atoms with Gasteiger partial charge in [-0.05, 0) is 104 Å². The third-order valence-corrected chi connectivity index (χ3v) is 21.8. The molecule has 0 aliphatic heterocycles. The first-order valence-corrected chi connectivity index (χ1v) is 40.5. The average Bonchev–Trinajstić information content (AvgIpc) is 1.57. The maximum Gasteiger partial charge on any atom is 0.252 e. The second-order valence-corrected chi connectivity index (χ2v) is 30.6. The van der Waals surface area contributed by atoms with Crippen molar-refractivity contribution in [3.63, 3.8) is 0 Å². The van der Waals surface area contributed by atoms with Gasteiger partial charge in [-0.25, -0.2) is 38.7 Å². The number of carbonyl (C=O) groups is 12. The number of nitrogens with one attached hydrogen (secondary N) is 1. The van der Waals surface area contributed by atoms with Gasteiger partial charge < -0.3 is 27.8 Å². The number of benzene rings is 6. The van der Waals surface area contributed by atoms with Crippen molar-refractivity contribution in [1.82, 2.24) is 62.7 Å². The van der Waals surface area contributed by atoms with Gasteiger partial charge >= 0.3 is 0 Å². The minimum absolute atomic E-state index is 0.0231. The number of hydrogen-bond donors (Lipinski definition) is 1. The molecule has 0 atom stereocenters. The highest BCUT2D eigenvalue weighted by atomic mass is 19.1. The van der Waals surface area contributed by atoms with Crippen LogP contribution in [0.3, 0.4) is 0 Å². The van der Waals surface area contributed by atoms with Crippen LogP contribution < -0.4 is 0 Å². The van der Waals surface area contributed by atoms with Gasteiger partial charge in [0.15, 0.2) is 0 Å². The van der Waals surface area contributed by atoms with Crippen molar-refractivity contribution in [3.05, 3.63) is 266 Å². The summed E-state index contributed by atoms with van der Waals surface area (Å²) in [5, 5.41) is 0.